The monoisotopic (exact) mass is 759 g/mol. The lowest BCUT2D eigenvalue weighted by Gasteiger charge is -2.40. The molecule has 2 atom stereocenters. The van der Waals surface area contributed by atoms with Crippen LogP contribution < -0.4 is 5.32 Å². The van der Waals surface area contributed by atoms with Crippen LogP contribution in [0, 0.1) is 0 Å². The number of amides is 2. The lowest BCUT2D eigenvalue weighted by Crippen LogP contribution is -2.54. The van der Waals surface area contributed by atoms with E-state index in [0.29, 0.717) is 38.7 Å². The number of aliphatic hydroxyl groups excluding tert-OH is 1. The fourth-order valence-corrected chi connectivity index (χ4v) is 7.35. The normalized spacial score (nSPS) is 14.7. The topological polar surface area (TPSA) is 89.9 Å². The van der Waals surface area contributed by atoms with Crippen molar-refractivity contribution in [1.29, 1.82) is 0 Å². The van der Waals surface area contributed by atoms with Crippen LogP contribution in [0.1, 0.15) is 55.8 Å². The van der Waals surface area contributed by atoms with Gasteiger partial charge in [-0.25, -0.2) is 0 Å². The van der Waals surface area contributed by atoms with Gasteiger partial charge in [0.25, 0.3) is 5.91 Å². The molecule has 1 heterocycles. The number of nitrogens with zero attached hydrogens (tertiary/aromatic N) is 2. The van der Waals surface area contributed by atoms with Crippen molar-refractivity contribution in [2.75, 3.05) is 19.6 Å². The van der Waals surface area contributed by atoms with Gasteiger partial charge in [0.05, 0.1) is 12.1 Å². The Morgan fingerprint density at radius 1 is 0.722 bits per heavy atom. The third-order valence-corrected chi connectivity index (χ3v) is 10.5. The predicted octanol–water partition coefficient (Wildman–Crippen LogP) is 8.13. The van der Waals surface area contributed by atoms with Crippen molar-refractivity contribution in [3.63, 3.8) is 0 Å². The smallest absolute Gasteiger partial charge is 0.251 e. The first-order valence-corrected chi connectivity index (χ1v) is 18.9. The van der Waals surface area contributed by atoms with E-state index in [0.717, 1.165) is 38.0 Å². The molecule has 5 aromatic rings. The number of nitrogens with one attached hydrogen (secondary N) is 1. The molecule has 6 rings (SSSR count). The summed E-state index contributed by atoms with van der Waals surface area (Å²) >= 11 is 12.8. The number of benzene rings is 5. The number of hydrogen-bond acceptors (Lipinski definition) is 5. The molecule has 2 amide bonds. The molecular formula is C45H43Cl2N3O4. The molecule has 1 aliphatic rings. The van der Waals surface area contributed by atoms with E-state index in [9.17, 15) is 19.5 Å². The fourth-order valence-electron chi connectivity index (χ4n) is 6.83. The first-order valence-electron chi connectivity index (χ1n) is 18.2. The summed E-state index contributed by atoms with van der Waals surface area (Å²) in [5, 5.41) is 15.8. The van der Waals surface area contributed by atoms with Gasteiger partial charge < -0.3 is 15.3 Å². The van der Waals surface area contributed by atoms with Crippen molar-refractivity contribution in [1.82, 2.24) is 15.1 Å². The molecule has 0 bridgehead atoms. The Morgan fingerprint density at radius 2 is 1.26 bits per heavy atom. The maximum atomic E-state index is 14.1. The predicted molar refractivity (Wildman–Crippen MR) is 216 cm³/mol. The van der Waals surface area contributed by atoms with Crippen LogP contribution in [0.4, 0.5) is 0 Å². The van der Waals surface area contributed by atoms with Crippen LogP contribution in [0.15, 0.2) is 140 Å². The maximum absolute atomic E-state index is 14.1. The number of aliphatic hydroxyl groups is 1. The van der Waals surface area contributed by atoms with E-state index in [1.807, 2.05) is 66.7 Å². The van der Waals surface area contributed by atoms with Gasteiger partial charge in [-0.05, 0) is 60.7 Å². The largest absolute Gasteiger partial charge is 0.389 e. The van der Waals surface area contributed by atoms with Gasteiger partial charge in [-0.2, -0.15) is 0 Å². The zero-order chi connectivity index (χ0) is 37.9. The van der Waals surface area contributed by atoms with Gasteiger partial charge in [-0.3, -0.25) is 19.3 Å². The van der Waals surface area contributed by atoms with Crippen LogP contribution >= 0.6 is 23.2 Å². The molecule has 2 N–H and O–H groups in total. The summed E-state index contributed by atoms with van der Waals surface area (Å²) in [7, 11) is 0. The summed E-state index contributed by atoms with van der Waals surface area (Å²) in [5.74, 6) is -0.814. The standard InChI is InChI=1S/C45H43Cl2N3O4/c46-39-17-10-18-40(47)38(39)23-24-43(52)50(37-25-27-49(28-26-37)30-33-13-6-2-7-14-33)31-42(51)41(29-32-11-4-1-5-12-32)48-45(54)36-21-19-35(20-22-36)44(53)34-15-8-3-9-16-34/h1-24,37,41-42,51H,25-31H2,(H,48,54)/t41-,42-/m0/s1. The van der Waals surface area contributed by atoms with Crippen molar-refractivity contribution in [3.05, 3.63) is 183 Å². The fraction of sp³-hybridized carbons (Fsp3) is 0.222. The summed E-state index contributed by atoms with van der Waals surface area (Å²) in [6, 6.07) is 39.7. The summed E-state index contributed by atoms with van der Waals surface area (Å²) in [4.78, 5) is 44.8. The number of rotatable bonds is 14. The molecule has 0 aromatic heterocycles. The number of piperidine rings is 1. The van der Waals surface area contributed by atoms with Crippen molar-refractivity contribution in [2.24, 2.45) is 0 Å². The summed E-state index contributed by atoms with van der Waals surface area (Å²) in [6.07, 6.45) is 3.73. The average Bonchev–Trinajstić information content (AvgIpc) is 3.20. The van der Waals surface area contributed by atoms with Gasteiger partial charge in [-0.15, -0.1) is 0 Å². The van der Waals surface area contributed by atoms with Gasteiger partial charge in [0.1, 0.15) is 0 Å². The van der Waals surface area contributed by atoms with Crippen LogP contribution in [0.5, 0.6) is 0 Å². The number of likely N-dealkylation sites (tertiary alicyclic amines) is 1. The zero-order valence-electron chi connectivity index (χ0n) is 29.9. The molecule has 5 aromatic carbocycles. The Balaban J connectivity index is 1.21. The van der Waals surface area contributed by atoms with Gasteiger partial charge in [0.2, 0.25) is 5.91 Å². The molecule has 0 unspecified atom stereocenters. The average molecular weight is 761 g/mol. The SMILES string of the molecule is O=C(N[C@@H](Cc1ccccc1)[C@@H](O)CN(C(=O)C=Cc1c(Cl)cccc1Cl)C1CCN(Cc2ccccc2)CC1)c1ccc(C(=O)c2ccccc2)cc1. The van der Waals surface area contributed by atoms with E-state index >= 15 is 0 Å². The molecule has 276 valence electrons. The van der Waals surface area contributed by atoms with E-state index in [-0.39, 0.29) is 24.3 Å². The van der Waals surface area contributed by atoms with Crippen LogP contribution in [-0.2, 0) is 17.8 Å². The Hall–Kier alpha value is -5.05. The highest BCUT2D eigenvalue weighted by Gasteiger charge is 2.32. The number of hydrogen-bond donors (Lipinski definition) is 2. The minimum Gasteiger partial charge on any atom is -0.389 e. The molecule has 0 spiro atoms. The molecule has 1 aliphatic heterocycles. The minimum atomic E-state index is -1.11. The number of carbonyl (C=O) groups excluding carboxylic acids is 3. The highest BCUT2D eigenvalue weighted by atomic mass is 35.5. The van der Waals surface area contributed by atoms with Gasteiger partial charge in [0.15, 0.2) is 5.78 Å². The van der Waals surface area contributed by atoms with Crippen molar-refractivity contribution >= 4 is 46.9 Å². The second-order valence-electron chi connectivity index (χ2n) is 13.6. The van der Waals surface area contributed by atoms with Crippen molar-refractivity contribution in [2.45, 2.75) is 44.0 Å². The van der Waals surface area contributed by atoms with Gasteiger partial charge in [-0.1, -0.05) is 132 Å². The Bertz CT molecular complexity index is 2010. The van der Waals surface area contributed by atoms with E-state index in [1.54, 1.807) is 65.6 Å². The quantitative estimate of drug-likeness (QED) is 0.0882. The minimum absolute atomic E-state index is 0.00885. The molecule has 54 heavy (non-hydrogen) atoms. The Labute approximate surface area is 326 Å². The van der Waals surface area contributed by atoms with E-state index in [1.165, 1.54) is 11.6 Å². The highest BCUT2D eigenvalue weighted by molar-refractivity contribution is 6.37. The van der Waals surface area contributed by atoms with Crippen LogP contribution in [-0.4, -0.2) is 70.3 Å². The second kappa shape index (κ2) is 18.8. The second-order valence-corrected chi connectivity index (χ2v) is 14.4. The number of carbonyl (C=O) groups is 3. The summed E-state index contributed by atoms with van der Waals surface area (Å²) in [6.45, 7) is 2.38. The maximum Gasteiger partial charge on any atom is 0.251 e. The van der Waals surface area contributed by atoms with Crippen LogP contribution in [0.3, 0.4) is 0 Å². The molecule has 0 saturated carbocycles. The van der Waals surface area contributed by atoms with Crippen LogP contribution in [0.25, 0.3) is 6.08 Å². The first kappa shape index (κ1) is 38.7. The summed E-state index contributed by atoms with van der Waals surface area (Å²) in [5.41, 5.74) is 4.07. The lowest BCUT2D eigenvalue weighted by molar-refractivity contribution is -0.131. The molecule has 0 aliphatic carbocycles. The number of halogens is 2. The Morgan fingerprint density at radius 3 is 1.87 bits per heavy atom. The summed E-state index contributed by atoms with van der Waals surface area (Å²) < 4.78 is 0. The molecular weight excluding hydrogens is 717 g/mol. The van der Waals surface area contributed by atoms with E-state index in [4.69, 9.17) is 23.2 Å². The Kier molecular flexibility index (Phi) is 13.5. The van der Waals surface area contributed by atoms with Crippen molar-refractivity contribution < 1.29 is 19.5 Å². The molecule has 7 nitrogen and oxygen atoms in total. The van der Waals surface area contributed by atoms with E-state index < -0.39 is 18.1 Å². The van der Waals surface area contributed by atoms with Crippen LogP contribution in [0.2, 0.25) is 10.0 Å². The molecule has 9 heteroatoms. The first-order chi connectivity index (χ1) is 26.2. The van der Waals surface area contributed by atoms with Gasteiger partial charge in [0, 0.05) is 70.6 Å². The van der Waals surface area contributed by atoms with Gasteiger partial charge >= 0.3 is 0 Å². The van der Waals surface area contributed by atoms with Crippen molar-refractivity contribution in [3.8, 4) is 0 Å². The third kappa shape index (κ3) is 10.3. The molecule has 1 saturated heterocycles. The molecule has 1 fully saturated rings. The lowest BCUT2D eigenvalue weighted by atomic mass is 9.97. The number of ketones is 1. The third-order valence-electron chi connectivity index (χ3n) is 9.83. The molecule has 0 radical (unpaired) electrons. The zero-order valence-corrected chi connectivity index (χ0v) is 31.4. The van der Waals surface area contributed by atoms with E-state index in [2.05, 4.69) is 22.3 Å². The highest BCUT2D eigenvalue weighted by Crippen LogP contribution is 2.26.